The standard InChI is InChI=1S/C13H12ClN3O3S/c14-9-3-4-10(11(8-9)17(19)20)15-5-6-16-13(18)12-2-1-7-21-12/h1-4,7-8,15H,5-6H2,(H,16,18). The van der Waals surface area contributed by atoms with E-state index in [4.69, 9.17) is 11.6 Å². The summed E-state index contributed by atoms with van der Waals surface area (Å²) in [6.45, 7) is 0.732. The van der Waals surface area contributed by atoms with Gasteiger partial charge >= 0.3 is 0 Å². The van der Waals surface area contributed by atoms with Crippen LogP contribution in [0.25, 0.3) is 0 Å². The number of thiophene rings is 1. The number of carbonyl (C=O) groups excluding carboxylic acids is 1. The molecule has 0 aliphatic carbocycles. The molecule has 0 spiro atoms. The molecule has 2 rings (SSSR count). The third-order valence-corrected chi connectivity index (χ3v) is 3.73. The number of hydrogen-bond donors (Lipinski definition) is 2. The van der Waals surface area contributed by atoms with Crippen molar-refractivity contribution in [2.24, 2.45) is 0 Å². The van der Waals surface area contributed by atoms with E-state index in [0.29, 0.717) is 28.7 Å². The van der Waals surface area contributed by atoms with Crippen LogP contribution in [0.2, 0.25) is 5.02 Å². The SMILES string of the molecule is O=C(NCCNc1ccc(Cl)cc1[N+](=O)[O-])c1cccs1. The quantitative estimate of drug-likeness (QED) is 0.485. The van der Waals surface area contributed by atoms with E-state index >= 15 is 0 Å². The lowest BCUT2D eigenvalue weighted by molar-refractivity contribution is -0.383. The van der Waals surface area contributed by atoms with Crippen LogP contribution >= 0.6 is 22.9 Å². The fourth-order valence-electron chi connectivity index (χ4n) is 1.67. The molecule has 0 radical (unpaired) electrons. The largest absolute Gasteiger partial charge is 0.378 e. The molecule has 0 saturated heterocycles. The number of nitro groups is 1. The highest BCUT2D eigenvalue weighted by atomic mass is 35.5. The molecule has 0 aliphatic heterocycles. The van der Waals surface area contributed by atoms with E-state index in [1.807, 2.05) is 5.38 Å². The minimum Gasteiger partial charge on any atom is -0.378 e. The number of amides is 1. The topological polar surface area (TPSA) is 84.3 Å². The number of nitro benzene ring substituents is 1. The van der Waals surface area contributed by atoms with Gasteiger partial charge in [0.05, 0.1) is 9.80 Å². The molecule has 110 valence electrons. The monoisotopic (exact) mass is 325 g/mol. The van der Waals surface area contributed by atoms with E-state index in [2.05, 4.69) is 10.6 Å². The van der Waals surface area contributed by atoms with Crippen molar-refractivity contribution in [3.8, 4) is 0 Å². The molecule has 0 saturated carbocycles. The highest BCUT2D eigenvalue weighted by molar-refractivity contribution is 7.12. The molecule has 0 aliphatic rings. The lowest BCUT2D eigenvalue weighted by Gasteiger charge is -2.08. The molecule has 1 heterocycles. The molecule has 21 heavy (non-hydrogen) atoms. The van der Waals surface area contributed by atoms with Crippen LogP contribution in [0, 0.1) is 10.1 Å². The van der Waals surface area contributed by atoms with Crippen LogP contribution < -0.4 is 10.6 Å². The van der Waals surface area contributed by atoms with Gasteiger partial charge in [-0.05, 0) is 23.6 Å². The van der Waals surface area contributed by atoms with Crippen LogP contribution in [0.3, 0.4) is 0 Å². The second kappa shape index (κ2) is 7.05. The minimum absolute atomic E-state index is 0.0907. The van der Waals surface area contributed by atoms with Crippen LogP contribution in [0.1, 0.15) is 9.67 Å². The number of nitrogens with one attached hydrogen (secondary N) is 2. The minimum atomic E-state index is -0.502. The zero-order valence-electron chi connectivity index (χ0n) is 10.8. The molecule has 2 N–H and O–H groups in total. The summed E-state index contributed by atoms with van der Waals surface area (Å²) in [5.74, 6) is -0.155. The average molecular weight is 326 g/mol. The van der Waals surface area contributed by atoms with Gasteiger partial charge in [0.2, 0.25) is 0 Å². The predicted molar refractivity (Wildman–Crippen MR) is 83.2 cm³/mol. The molecule has 0 bridgehead atoms. The van der Waals surface area contributed by atoms with Crippen molar-refractivity contribution in [2.45, 2.75) is 0 Å². The molecule has 0 unspecified atom stereocenters. The van der Waals surface area contributed by atoms with Gasteiger partial charge < -0.3 is 10.6 Å². The lowest BCUT2D eigenvalue weighted by atomic mass is 10.2. The van der Waals surface area contributed by atoms with Gasteiger partial charge in [-0.2, -0.15) is 0 Å². The van der Waals surface area contributed by atoms with Gasteiger partial charge in [-0.3, -0.25) is 14.9 Å². The van der Waals surface area contributed by atoms with Crippen molar-refractivity contribution in [3.63, 3.8) is 0 Å². The van der Waals surface area contributed by atoms with Crippen LogP contribution in [0.15, 0.2) is 35.7 Å². The maximum Gasteiger partial charge on any atom is 0.293 e. The van der Waals surface area contributed by atoms with Crippen LogP contribution in [-0.4, -0.2) is 23.9 Å². The molecule has 0 atom stereocenters. The first kappa shape index (κ1) is 15.3. The van der Waals surface area contributed by atoms with E-state index in [9.17, 15) is 14.9 Å². The zero-order valence-corrected chi connectivity index (χ0v) is 12.4. The Morgan fingerprint density at radius 1 is 1.33 bits per heavy atom. The Kier molecular flexibility index (Phi) is 5.13. The Morgan fingerprint density at radius 2 is 2.14 bits per heavy atom. The van der Waals surface area contributed by atoms with Gasteiger partial charge in [-0.25, -0.2) is 0 Å². The summed E-state index contributed by atoms with van der Waals surface area (Å²) in [6, 6.07) is 7.93. The maximum absolute atomic E-state index is 11.7. The summed E-state index contributed by atoms with van der Waals surface area (Å²) in [4.78, 5) is 22.7. The van der Waals surface area contributed by atoms with Crippen molar-refractivity contribution < 1.29 is 9.72 Å². The summed E-state index contributed by atoms with van der Waals surface area (Å²) < 4.78 is 0. The van der Waals surface area contributed by atoms with Crippen molar-refractivity contribution in [3.05, 3.63) is 55.7 Å². The third-order valence-electron chi connectivity index (χ3n) is 2.63. The summed E-state index contributed by atoms with van der Waals surface area (Å²) in [7, 11) is 0. The van der Waals surface area contributed by atoms with Gasteiger partial charge in [-0.15, -0.1) is 11.3 Å². The summed E-state index contributed by atoms with van der Waals surface area (Å²) >= 11 is 7.09. The molecule has 0 fully saturated rings. The Bertz CT molecular complexity index is 646. The number of carbonyl (C=O) groups is 1. The summed E-state index contributed by atoms with van der Waals surface area (Å²) in [5.41, 5.74) is 0.279. The van der Waals surface area contributed by atoms with Gasteiger partial charge in [0.25, 0.3) is 11.6 Å². The number of benzene rings is 1. The first-order valence-electron chi connectivity index (χ1n) is 6.07. The molecule has 1 aromatic heterocycles. The number of hydrogen-bond acceptors (Lipinski definition) is 5. The van der Waals surface area contributed by atoms with Crippen LogP contribution in [0.4, 0.5) is 11.4 Å². The van der Waals surface area contributed by atoms with Crippen LogP contribution in [0.5, 0.6) is 0 Å². The van der Waals surface area contributed by atoms with E-state index in [0.717, 1.165) is 0 Å². The molecular formula is C13H12ClN3O3S. The van der Waals surface area contributed by atoms with E-state index in [1.54, 1.807) is 24.3 Å². The number of rotatable bonds is 6. The van der Waals surface area contributed by atoms with Gasteiger partial charge in [0.1, 0.15) is 5.69 Å². The normalized spacial score (nSPS) is 10.1. The fraction of sp³-hybridized carbons (Fsp3) is 0.154. The highest BCUT2D eigenvalue weighted by Gasteiger charge is 2.13. The van der Waals surface area contributed by atoms with Crippen molar-refractivity contribution >= 4 is 40.2 Å². The van der Waals surface area contributed by atoms with Gasteiger partial charge in [0.15, 0.2) is 0 Å². The van der Waals surface area contributed by atoms with Gasteiger partial charge in [-0.1, -0.05) is 17.7 Å². The van der Waals surface area contributed by atoms with E-state index < -0.39 is 4.92 Å². The smallest absolute Gasteiger partial charge is 0.293 e. The molecular weight excluding hydrogens is 314 g/mol. The summed E-state index contributed by atoms with van der Waals surface area (Å²) in [6.07, 6.45) is 0. The molecule has 1 amide bonds. The van der Waals surface area contributed by atoms with Gasteiger partial charge in [0, 0.05) is 24.2 Å². The van der Waals surface area contributed by atoms with Crippen molar-refractivity contribution in [1.82, 2.24) is 5.32 Å². The first-order valence-corrected chi connectivity index (χ1v) is 7.33. The van der Waals surface area contributed by atoms with Crippen molar-refractivity contribution in [1.29, 1.82) is 0 Å². The third kappa shape index (κ3) is 4.17. The number of halogens is 1. The maximum atomic E-state index is 11.7. The molecule has 8 heteroatoms. The Hall–Kier alpha value is -2.12. The van der Waals surface area contributed by atoms with Crippen molar-refractivity contribution in [2.75, 3.05) is 18.4 Å². The van der Waals surface area contributed by atoms with Crippen LogP contribution in [-0.2, 0) is 0 Å². The lowest BCUT2D eigenvalue weighted by Crippen LogP contribution is -2.28. The highest BCUT2D eigenvalue weighted by Crippen LogP contribution is 2.27. The Labute approximate surface area is 129 Å². The number of nitrogens with zero attached hydrogens (tertiary/aromatic N) is 1. The molecule has 6 nitrogen and oxygen atoms in total. The summed E-state index contributed by atoms with van der Waals surface area (Å²) in [5, 5.41) is 18.7. The fourth-order valence-corrected chi connectivity index (χ4v) is 2.48. The van der Waals surface area contributed by atoms with E-state index in [1.165, 1.54) is 17.4 Å². The molecule has 2 aromatic rings. The zero-order chi connectivity index (χ0) is 15.2. The molecule has 1 aromatic carbocycles. The predicted octanol–water partition coefficient (Wildman–Crippen LogP) is 3.15. The Morgan fingerprint density at radius 3 is 2.81 bits per heavy atom. The average Bonchev–Trinajstić information content (AvgIpc) is 2.98. The second-order valence-corrected chi connectivity index (χ2v) is 5.46. The first-order chi connectivity index (χ1) is 10.1. The Balaban J connectivity index is 1.86. The van der Waals surface area contributed by atoms with E-state index in [-0.39, 0.29) is 11.6 Å². The number of anilines is 1. The second-order valence-electron chi connectivity index (χ2n) is 4.08.